The molecule has 0 amide bonds. The summed E-state index contributed by atoms with van der Waals surface area (Å²) in [6, 6.07) is 58.0. The maximum Gasteiger partial charge on any atom is 0.323 e. The van der Waals surface area contributed by atoms with Crippen molar-refractivity contribution in [2.45, 2.75) is 19.8 Å². The van der Waals surface area contributed by atoms with E-state index in [1.54, 1.807) is 12.1 Å². The van der Waals surface area contributed by atoms with Gasteiger partial charge in [-0.15, -0.1) is 11.3 Å². The molecule has 0 spiro atoms. The van der Waals surface area contributed by atoms with Crippen molar-refractivity contribution in [3.8, 4) is 45.3 Å². The third-order valence-corrected chi connectivity index (χ3v) is 10.9. The summed E-state index contributed by atoms with van der Waals surface area (Å²) in [5.41, 5.74) is 7.39. The van der Waals surface area contributed by atoms with E-state index in [9.17, 15) is 9.90 Å². The fraction of sp³-hybridized carbons (Fsp3) is 0.0816. The predicted octanol–water partition coefficient (Wildman–Crippen LogP) is 12.9. The zero-order valence-electron chi connectivity index (χ0n) is 30.9. The quantitative estimate of drug-likeness (QED) is 0.112. The number of carboxylic acid groups (broad SMARTS) is 1. The van der Waals surface area contributed by atoms with Crippen molar-refractivity contribution < 1.29 is 24.1 Å². The van der Waals surface area contributed by atoms with Gasteiger partial charge in [0.1, 0.15) is 25.5 Å². The van der Waals surface area contributed by atoms with E-state index in [-0.39, 0.29) is 6.54 Å². The summed E-state index contributed by atoms with van der Waals surface area (Å²) in [4.78, 5) is 14.8. The molecular formula is C49H38ClNO5S. The van der Waals surface area contributed by atoms with Crippen LogP contribution in [-0.2, 0) is 24.6 Å². The second-order valence-corrected chi connectivity index (χ2v) is 15.1. The standard InChI is InChI=1S/C49H38ClNO5S/c50-40-24-26-42(27-25-40)56-49-43-28-44(54-32-34-16-20-38(21-17-34)36-10-4-1-5-11-36)45(55-33-35-18-22-39(23-19-35)37-12-6-2-7-13-37)29-46(43)57-47(49)30-51(31-48(52)53)41-14-8-3-9-15-41/h1-29H,30-33H2,(H,52,53). The number of hydrogen-bond donors (Lipinski definition) is 1. The van der Waals surface area contributed by atoms with Crippen molar-refractivity contribution in [2.75, 3.05) is 11.4 Å². The topological polar surface area (TPSA) is 68.2 Å². The third-order valence-electron chi connectivity index (χ3n) is 9.50. The fourth-order valence-corrected chi connectivity index (χ4v) is 7.86. The highest BCUT2D eigenvalue weighted by atomic mass is 35.5. The monoisotopic (exact) mass is 787 g/mol. The molecule has 0 fully saturated rings. The van der Waals surface area contributed by atoms with Gasteiger partial charge in [0.15, 0.2) is 17.2 Å². The number of thiophene rings is 1. The van der Waals surface area contributed by atoms with E-state index >= 15 is 0 Å². The minimum atomic E-state index is -0.930. The molecule has 8 heteroatoms. The molecule has 57 heavy (non-hydrogen) atoms. The molecule has 8 rings (SSSR count). The van der Waals surface area contributed by atoms with Gasteiger partial charge >= 0.3 is 5.97 Å². The van der Waals surface area contributed by atoms with Crippen LogP contribution < -0.4 is 19.1 Å². The second kappa shape index (κ2) is 17.5. The molecule has 0 saturated carbocycles. The number of fused-ring (bicyclic) bond motifs is 1. The van der Waals surface area contributed by atoms with Gasteiger partial charge < -0.3 is 24.2 Å². The molecule has 7 aromatic carbocycles. The van der Waals surface area contributed by atoms with Crippen LogP contribution in [-0.4, -0.2) is 17.6 Å². The molecule has 0 aliphatic rings. The Hall–Kier alpha value is -6.54. The summed E-state index contributed by atoms with van der Waals surface area (Å²) in [5, 5.41) is 11.3. The first-order valence-corrected chi connectivity index (χ1v) is 19.7. The number of benzene rings is 7. The van der Waals surface area contributed by atoms with Crippen LogP contribution in [0.1, 0.15) is 16.0 Å². The summed E-state index contributed by atoms with van der Waals surface area (Å²) in [6.07, 6.45) is 0. The Morgan fingerprint density at radius 3 is 1.61 bits per heavy atom. The minimum absolute atomic E-state index is 0.187. The van der Waals surface area contributed by atoms with Gasteiger partial charge in [0.2, 0.25) is 0 Å². The van der Waals surface area contributed by atoms with Gasteiger partial charge in [-0.1, -0.05) is 139 Å². The van der Waals surface area contributed by atoms with E-state index in [4.69, 9.17) is 25.8 Å². The molecular weight excluding hydrogens is 750 g/mol. The highest BCUT2D eigenvalue weighted by molar-refractivity contribution is 7.19. The molecule has 8 aromatic rings. The number of rotatable bonds is 15. The predicted molar refractivity (Wildman–Crippen MR) is 231 cm³/mol. The number of aliphatic carboxylic acids is 1. The highest BCUT2D eigenvalue weighted by Crippen LogP contribution is 2.46. The van der Waals surface area contributed by atoms with Crippen LogP contribution in [0.25, 0.3) is 32.3 Å². The number of carbonyl (C=O) groups is 1. The average Bonchev–Trinajstić information content (AvgIpc) is 3.58. The van der Waals surface area contributed by atoms with E-state index in [2.05, 4.69) is 72.8 Å². The number of anilines is 1. The number of halogens is 1. The summed E-state index contributed by atoms with van der Waals surface area (Å²) in [5.74, 6) is 1.44. The molecule has 0 atom stereocenters. The van der Waals surface area contributed by atoms with E-state index in [1.807, 2.05) is 95.9 Å². The van der Waals surface area contributed by atoms with Gasteiger partial charge in [0.05, 0.1) is 11.4 Å². The Morgan fingerprint density at radius 1 is 0.596 bits per heavy atom. The summed E-state index contributed by atoms with van der Waals surface area (Å²) >= 11 is 7.76. The van der Waals surface area contributed by atoms with Crippen molar-refractivity contribution in [2.24, 2.45) is 0 Å². The number of carboxylic acids is 1. The SMILES string of the molecule is O=C(O)CN(Cc1sc2cc(OCc3ccc(-c4ccccc4)cc3)c(OCc3ccc(-c4ccccc4)cc3)cc2c1Oc1ccc(Cl)cc1)c1ccccc1. The molecule has 1 heterocycles. The van der Waals surface area contributed by atoms with Crippen LogP contribution in [0, 0.1) is 0 Å². The van der Waals surface area contributed by atoms with Gasteiger partial charge in [-0.3, -0.25) is 4.79 Å². The van der Waals surface area contributed by atoms with Crippen molar-refractivity contribution in [3.05, 3.63) is 197 Å². The lowest BCUT2D eigenvalue weighted by molar-refractivity contribution is -0.135. The van der Waals surface area contributed by atoms with E-state index in [1.165, 1.54) is 11.3 Å². The first-order valence-electron chi connectivity index (χ1n) is 18.5. The first-order chi connectivity index (χ1) is 27.9. The molecule has 6 nitrogen and oxygen atoms in total. The smallest absolute Gasteiger partial charge is 0.323 e. The summed E-state index contributed by atoms with van der Waals surface area (Å²) in [7, 11) is 0. The van der Waals surface area contributed by atoms with Gasteiger partial charge in [0, 0.05) is 26.9 Å². The Morgan fingerprint density at radius 2 is 1.09 bits per heavy atom. The van der Waals surface area contributed by atoms with Crippen molar-refractivity contribution in [3.63, 3.8) is 0 Å². The Kier molecular flexibility index (Phi) is 11.5. The van der Waals surface area contributed by atoms with Crippen LogP contribution in [0.3, 0.4) is 0 Å². The molecule has 1 aromatic heterocycles. The fourth-order valence-electron chi connectivity index (χ4n) is 6.58. The zero-order valence-corrected chi connectivity index (χ0v) is 32.5. The largest absolute Gasteiger partial charge is 0.485 e. The molecule has 1 N–H and O–H groups in total. The minimum Gasteiger partial charge on any atom is -0.485 e. The van der Waals surface area contributed by atoms with Crippen molar-refractivity contribution >= 4 is 44.7 Å². The van der Waals surface area contributed by atoms with Crippen LogP contribution in [0.15, 0.2) is 176 Å². The van der Waals surface area contributed by atoms with Crippen molar-refractivity contribution in [1.82, 2.24) is 0 Å². The molecule has 0 bridgehead atoms. The van der Waals surface area contributed by atoms with E-state index in [0.29, 0.717) is 47.8 Å². The zero-order chi connectivity index (χ0) is 39.0. The maximum absolute atomic E-state index is 12.1. The van der Waals surface area contributed by atoms with Gasteiger partial charge in [0.25, 0.3) is 0 Å². The van der Waals surface area contributed by atoms with Crippen molar-refractivity contribution in [1.29, 1.82) is 0 Å². The molecule has 0 saturated heterocycles. The van der Waals surface area contributed by atoms with E-state index < -0.39 is 5.97 Å². The first kappa shape index (κ1) is 37.4. The highest BCUT2D eigenvalue weighted by Gasteiger charge is 2.22. The normalized spacial score (nSPS) is 11.0. The average molecular weight is 788 g/mol. The van der Waals surface area contributed by atoms with Gasteiger partial charge in [-0.05, 0) is 75.8 Å². The molecule has 0 aliphatic carbocycles. The second-order valence-electron chi connectivity index (χ2n) is 13.5. The lowest BCUT2D eigenvalue weighted by atomic mass is 10.0. The number of para-hydroxylation sites is 1. The Bertz CT molecular complexity index is 2560. The maximum atomic E-state index is 12.1. The molecule has 0 radical (unpaired) electrons. The lowest BCUT2D eigenvalue weighted by Gasteiger charge is -2.23. The molecule has 0 unspecified atom stereocenters. The third kappa shape index (κ3) is 9.30. The Labute approximate surface area is 340 Å². The van der Waals surface area contributed by atoms with Gasteiger partial charge in [-0.2, -0.15) is 0 Å². The molecule has 0 aliphatic heterocycles. The number of hydrogen-bond acceptors (Lipinski definition) is 6. The van der Waals surface area contributed by atoms with E-state index in [0.717, 1.165) is 54.0 Å². The van der Waals surface area contributed by atoms with Crippen LogP contribution >= 0.6 is 22.9 Å². The summed E-state index contributed by atoms with van der Waals surface area (Å²) in [6.45, 7) is 0.753. The Balaban J connectivity index is 1.15. The number of nitrogens with zero attached hydrogens (tertiary/aromatic N) is 1. The van der Waals surface area contributed by atoms with Crippen LogP contribution in [0.2, 0.25) is 5.02 Å². The van der Waals surface area contributed by atoms with Crippen LogP contribution in [0.4, 0.5) is 5.69 Å². The van der Waals surface area contributed by atoms with Crippen LogP contribution in [0.5, 0.6) is 23.0 Å². The lowest BCUT2D eigenvalue weighted by Crippen LogP contribution is -2.28. The number of ether oxygens (including phenoxy) is 3. The van der Waals surface area contributed by atoms with Gasteiger partial charge in [-0.25, -0.2) is 0 Å². The summed E-state index contributed by atoms with van der Waals surface area (Å²) < 4.78 is 20.7. The molecule has 282 valence electrons.